The van der Waals surface area contributed by atoms with Gasteiger partial charge in [-0.05, 0) is 70.6 Å². The van der Waals surface area contributed by atoms with Crippen LogP contribution in [-0.2, 0) is 17.6 Å². The predicted octanol–water partition coefficient (Wildman–Crippen LogP) is 3.25. The van der Waals surface area contributed by atoms with Crippen molar-refractivity contribution in [3.05, 3.63) is 29.3 Å². The molecule has 0 spiro atoms. The molecule has 1 N–H and O–H groups in total. The smallest absolute Gasteiger partial charge is 0.261 e. The highest BCUT2D eigenvalue weighted by atomic mass is 16.5. The van der Waals surface area contributed by atoms with E-state index in [1.54, 1.807) is 0 Å². The van der Waals surface area contributed by atoms with E-state index in [1.807, 2.05) is 39.8 Å². The molecule has 3 heteroatoms. The third-order valence-electron chi connectivity index (χ3n) is 3.52. The van der Waals surface area contributed by atoms with Crippen LogP contribution in [0.1, 0.15) is 51.7 Å². The van der Waals surface area contributed by atoms with Crippen LogP contribution in [-0.4, -0.2) is 17.6 Å². The molecular formula is C17H25NO2. The summed E-state index contributed by atoms with van der Waals surface area (Å²) in [6.07, 6.45) is 4.16. The van der Waals surface area contributed by atoms with E-state index in [-0.39, 0.29) is 11.4 Å². The molecule has 0 unspecified atom stereocenters. The van der Waals surface area contributed by atoms with E-state index in [4.69, 9.17) is 4.74 Å². The molecule has 0 aliphatic heterocycles. The van der Waals surface area contributed by atoms with E-state index in [0.717, 1.165) is 18.6 Å². The Hall–Kier alpha value is -1.51. The molecule has 1 aromatic carbocycles. The van der Waals surface area contributed by atoms with Crippen molar-refractivity contribution in [2.75, 3.05) is 0 Å². The Bertz CT molecular complexity index is 488. The number of nitrogens with one attached hydrogen (secondary N) is 1. The number of amides is 1. The van der Waals surface area contributed by atoms with Crippen molar-refractivity contribution in [1.29, 1.82) is 0 Å². The summed E-state index contributed by atoms with van der Waals surface area (Å²) >= 11 is 0. The molecule has 1 aliphatic carbocycles. The van der Waals surface area contributed by atoms with Gasteiger partial charge in [0, 0.05) is 5.54 Å². The molecule has 0 radical (unpaired) electrons. The van der Waals surface area contributed by atoms with Gasteiger partial charge in [0.2, 0.25) is 0 Å². The van der Waals surface area contributed by atoms with E-state index >= 15 is 0 Å². The van der Waals surface area contributed by atoms with Crippen LogP contribution < -0.4 is 10.1 Å². The number of fused-ring (bicyclic) bond motifs is 1. The molecule has 3 nitrogen and oxygen atoms in total. The summed E-state index contributed by atoms with van der Waals surface area (Å²) in [6.45, 7) is 7.73. The fourth-order valence-corrected chi connectivity index (χ4v) is 2.57. The zero-order valence-electron chi connectivity index (χ0n) is 13.0. The van der Waals surface area contributed by atoms with Crippen molar-refractivity contribution >= 4 is 5.91 Å². The number of hydrogen-bond donors (Lipinski definition) is 1. The first-order valence-electron chi connectivity index (χ1n) is 7.46. The first-order valence-corrected chi connectivity index (χ1v) is 7.46. The molecule has 0 heterocycles. The van der Waals surface area contributed by atoms with E-state index in [0.29, 0.717) is 0 Å². The number of hydrogen-bond acceptors (Lipinski definition) is 2. The van der Waals surface area contributed by atoms with Gasteiger partial charge in [-0.25, -0.2) is 0 Å². The summed E-state index contributed by atoms with van der Waals surface area (Å²) in [5.41, 5.74) is 2.43. The lowest BCUT2D eigenvalue weighted by molar-refractivity contribution is -0.128. The van der Waals surface area contributed by atoms with E-state index < -0.39 is 6.10 Å². The van der Waals surface area contributed by atoms with Gasteiger partial charge in [0.15, 0.2) is 6.10 Å². The number of aryl methyl sites for hydroxylation is 1. The predicted molar refractivity (Wildman–Crippen MR) is 81.1 cm³/mol. The second kappa shape index (κ2) is 5.86. The minimum atomic E-state index is -0.470. The maximum Gasteiger partial charge on any atom is 0.261 e. The number of carbonyl (C=O) groups is 1. The summed E-state index contributed by atoms with van der Waals surface area (Å²) < 4.78 is 5.91. The molecule has 0 fully saturated rings. The van der Waals surface area contributed by atoms with Gasteiger partial charge in [0.05, 0.1) is 0 Å². The SMILES string of the molecule is C[C@H](Oc1cccc2c1CCCC2)C(=O)NC(C)(C)C. The highest BCUT2D eigenvalue weighted by Crippen LogP contribution is 2.30. The van der Waals surface area contributed by atoms with Gasteiger partial charge in [-0.1, -0.05) is 12.1 Å². The van der Waals surface area contributed by atoms with Crippen LogP contribution in [0.2, 0.25) is 0 Å². The summed E-state index contributed by atoms with van der Waals surface area (Å²) in [7, 11) is 0. The second-order valence-corrected chi connectivity index (χ2v) is 6.60. The lowest BCUT2D eigenvalue weighted by Gasteiger charge is -2.25. The molecule has 110 valence electrons. The normalized spacial score (nSPS) is 16.2. The molecule has 1 aromatic rings. The Morgan fingerprint density at radius 1 is 1.25 bits per heavy atom. The number of ether oxygens (including phenoxy) is 1. The van der Waals surface area contributed by atoms with Gasteiger partial charge in [-0.2, -0.15) is 0 Å². The molecule has 1 aliphatic rings. The van der Waals surface area contributed by atoms with Gasteiger partial charge in [0.1, 0.15) is 5.75 Å². The standard InChI is InChI=1S/C17H25NO2/c1-12(16(19)18-17(2,3)4)20-15-11-7-9-13-8-5-6-10-14(13)15/h7,9,11-12H,5-6,8,10H2,1-4H3,(H,18,19)/t12-/m0/s1. The van der Waals surface area contributed by atoms with Crippen molar-refractivity contribution in [1.82, 2.24) is 5.32 Å². The lowest BCUT2D eigenvalue weighted by atomic mass is 9.91. The van der Waals surface area contributed by atoms with Crippen LogP contribution in [0.3, 0.4) is 0 Å². The van der Waals surface area contributed by atoms with E-state index in [2.05, 4.69) is 11.4 Å². The summed E-state index contributed by atoms with van der Waals surface area (Å²) in [4.78, 5) is 12.1. The van der Waals surface area contributed by atoms with Crippen molar-refractivity contribution in [3.63, 3.8) is 0 Å². The van der Waals surface area contributed by atoms with Crippen molar-refractivity contribution in [2.24, 2.45) is 0 Å². The third-order valence-corrected chi connectivity index (χ3v) is 3.52. The van der Waals surface area contributed by atoms with Gasteiger partial charge >= 0.3 is 0 Å². The quantitative estimate of drug-likeness (QED) is 0.919. The van der Waals surface area contributed by atoms with Gasteiger partial charge < -0.3 is 10.1 Å². The zero-order valence-corrected chi connectivity index (χ0v) is 13.0. The highest BCUT2D eigenvalue weighted by Gasteiger charge is 2.22. The van der Waals surface area contributed by atoms with Crippen LogP contribution in [0.25, 0.3) is 0 Å². The number of benzene rings is 1. The average molecular weight is 275 g/mol. The van der Waals surface area contributed by atoms with Crippen LogP contribution >= 0.6 is 0 Å². The minimum Gasteiger partial charge on any atom is -0.481 e. The minimum absolute atomic E-state index is 0.0640. The summed E-state index contributed by atoms with van der Waals surface area (Å²) in [5.74, 6) is 0.810. The van der Waals surface area contributed by atoms with Crippen LogP contribution in [0.4, 0.5) is 0 Å². The number of rotatable bonds is 3. The largest absolute Gasteiger partial charge is 0.481 e. The van der Waals surface area contributed by atoms with E-state index in [9.17, 15) is 4.79 Å². The second-order valence-electron chi connectivity index (χ2n) is 6.60. The Morgan fingerprint density at radius 2 is 1.95 bits per heavy atom. The Labute approximate surface area is 121 Å². The highest BCUT2D eigenvalue weighted by molar-refractivity contribution is 5.81. The molecular weight excluding hydrogens is 250 g/mol. The topological polar surface area (TPSA) is 38.3 Å². The van der Waals surface area contributed by atoms with Gasteiger partial charge in [-0.3, -0.25) is 4.79 Å². The lowest BCUT2D eigenvalue weighted by Crippen LogP contribution is -2.46. The molecule has 0 bridgehead atoms. The van der Waals surface area contributed by atoms with Crippen molar-refractivity contribution in [3.8, 4) is 5.75 Å². The molecule has 1 atom stereocenters. The summed E-state index contributed by atoms with van der Waals surface area (Å²) in [5, 5.41) is 2.96. The molecule has 0 saturated heterocycles. The first-order chi connectivity index (χ1) is 9.37. The van der Waals surface area contributed by atoms with Crippen LogP contribution in [0, 0.1) is 0 Å². The molecule has 0 aromatic heterocycles. The fraction of sp³-hybridized carbons (Fsp3) is 0.588. The average Bonchev–Trinajstić information content (AvgIpc) is 2.37. The van der Waals surface area contributed by atoms with Crippen LogP contribution in [0.5, 0.6) is 5.75 Å². The fourth-order valence-electron chi connectivity index (χ4n) is 2.57. The first kappa shape index (κ1) is 14.9. The maximum atomic E-state index is 12.1. The van der Waals surface area contributed by atoms with Crippen molar-refractivity contribution < 1.29 is 9.53 Å². The summed E-state index contributed by atoms with van der Waals surface area (Å²) in [6, 6.07) is 6.17. The van der Waals surface area contributed by atoms with Crippen molar-refractivity contribution in [2.45, 2.75) is 65.0 Å². The van der Waals surface area contributed by atoms with Gasteiger partial charge in [-0.15, -0.1) is 0 Å². The maximum absolute atomic E-state index is 12.1. The zero-order chi connectivity index (χ0) is 14.8. The van der Waals surface area contributed by atoms with Crippen LogP contribution in [0.15, 0.2) is 18.2 Å². The Kier molecular flexibility index (Phi) is 4.36. The van der Waals surface area contributed by atoms with Gasteiger partial charge in [0.25, 0.3) is 5.91 Å². The monoisotopic (exact) mass is 275 g/mol. The molecule has 0 saturated carbocycles. The Morgan fingerprint density at radius 3 is 2.65 bits per heavy atom. The third kappa shape index (κ3) is 3.75. The number of carbonyl (C=O) groups excluding carboxylic acids is 1. The molecule has 2 rings (SSSR count). The Balaban J connectivity index is 2.08. The van der Waals surface area contributed by atoms with E-state index in [1.165, 1.54) is 24.0 Å². The molecule has 1 amide bonds. The molecule has 20 heavy (non-hydrogen) atoms.